The molecule has 5 nitrogen and oxygen atoms in total. The van der Waals surface area contributed by atoms with Crippen LogP contribution in [0.3, 0.4) is 0 Å². The van der Waals surface area contributed by atoms with E-state index < -0.39 is 6.10 Å². The molecule has 3 rings (SSSR count). The van der Waals surface area contributed by atoms with E-state index in [0.29, 0.717) is 37.4 Å². The predicted octanol–water partition coefficient (Wildman–Crippen LogP) is 2.47. The maximum atomic E-state index is 12.4. The van der Waals surface area contributed by atoms with Gasteiger partial charge in [-0.05, 0) is 42.7 Å². The van der Waals surface area contributed by atoms with Gasteiger partial charge in [0, 0.05) is 48.4 Å². The molecule has 0 spiro atoms. The number of aliphatic hydroxyl groups excluding tert-OH is 2. The second-order valence-corrected chi connectivity index (χ2v) is 6.98. The number of aryl methyl sites for hydroxylation is 1. The first-order valence-electron chi connectivity index (χ1n) is 8.57. The molecule has 1 amide bonds. The van der Waals surface area contributed by atoms with Gasteiger partial charge in [-0.1, -0.05) is 23.7 Å². The molecule has 1 fully saturated rings. The highest BCUT2D eigenvalue weighted by Crippen LogP contribution is 2.22. The molecule has 2 atom stereocenters. The van der Waals surface area contributed by atoms with Crippen molar-refractivity contribution in [3.05, 3.63) is 47.1 Å². The molecule has 1 aromatic carbocycles. The van der Waals surface area contributed by atoms with Gasteiger partial charge in [0.15, 0.2) is 0 Å². The lowest BCUT2D eigenvalue weighted by molar-refractivity contribution is -0.136. The van der Waals surface area contributed by atoms with Crippen molar-refractivity contribution >= 4 is 17.5 Å². The lowest BCUT2D eigenvalue weighted by Crippen LogP contribution is -2.47. The van der Waals surface area contributed by atoms with Crippen molar-refractivity contribution in [3.8, 4) is 11.3 Å². The molecule has 6 heteroatoms. The van der Waals surface area contributed by atoms with Crippen LogP contribution < -0.4 is 0 Å². The summed E-state index contributed by atoms with van der Waals surface area (Å²) in [5.41, 5.74) is 3.05. The van der Waals surface area contributed by atoms with E-state index in [0.717, 1.165) is 17.0 Å². The summed E-state index contributed by atoms with van der Waals surface area (Å²) in [5.74, 6) is -0.0764. The Bertz CT molecular complexity index is 714. The molecule has 0 bridgehead atoms. The fraction of sp³-hybridized carbons (Fsp3) is 0.421. The molecule has 2 aromatic rings. The minimum Gasteiger partial charge on any atom is -0.396 e. The lowest BCUT2D eigenvalue weighted by Gasteiger charge is -2.35. The fourth-order valence-corrected chi connectivity index (χ4v) is 3.33. The number of hydrogen-bond donors (Lipinski definition) is 3. The molecule has 0 saturated carbocycles. The van der Waals surface area contributed by atoms with Gasteiger partial charge in [0.25, 0.3) is 0 Å². The van der Waals surface area contributed by atoms with Crippen molar-refractivity contribution in [2.75, 3.05) is 19.7 Å². The van der Waals surface area contributed by atoms with Crippen LogP contribution in [0.1, 0.15) is 18.5 Å². The first-order chi connectivity index (χ1) is 12.1. The summed E-state index contributed by atoms with van der Waals surface area (Å²) >= 11 is 5.91. The number of nitrogens with one attached hydrogen (secondary N) is 1. The average Bonchev–Trinajstić information content (AvgIpc) is 3.09. The smallest absolute Gasteiger partial charge is 0.223 e. The van der Waals surface area contributed by atoms with Crippen LogP contribution >= 0.6 is 11.6 Å². The Morgan fingerprint density at radius 1 is 1.24 bits per heavy atom. The number of benzene rings is 1. The molecule has 134 valence electrons. The van der Waals surface area contributed by atoms with Gasteiger partial charge in [-0.15, -0.1) is 0 Å². The third-order valence-electron chi connectivity index (χ3n) is 4.82. The zero-order valence-electron chi connectivity index (χ0n) is 14.0. The number of nitrogens with zero attached hydrogens (tertiary/aromatic N) is 1. The number of carbonyl (C=O) groups is 1. The normalized spacial score (nSPS) is 20.7. The lowest BCUT2D eigenvalue weighted by atomic mass is 9.94. The quantitative estimate of drug-likeness (QED) is 0.764. The molecule has 1 aliphatic heterocycles. The molecule has 1 aliphatic rings. The summed E-state index contributed by atoms with van der Waals surface area (Å²) in [4.78, 5) is 17.4. The van der Waals surface area contributed by atoms with Crippen LogP contribution in [0.2, 0.25) is 5.02 Å². The zero-order chi connectivity index (χ0) is 17.8. The van der Waals surface area contributed by atoms with Gasteiger partial charge in [-0.3, -0.25) is 4.79 Å². The van der Waals surface area contributed by atoms with Crippen LogP contribution in [0.25, 0.3) is 11.3 Å². The Morgan fingerprint density at radius 2 is 2.00 bits per heavy atom. The van der Waals surface area contributed by atoms with E-state index in [-0.39, 0.29) is 18.4 Å². The van der Waals surface area contributed by atoms with Crippen molar-refractivity contribution in [1.82, 2.24) is 9.88 Å². The highest BCUT2D eigenvalue weighted by Gasteiger charge is 2.29. The maximum Gasteiger partial charge on any atom is 0.223 e. The number of aliphatic hydroxyl groups is 2. The molecule has 1 aromatic heterocycles. The minimum absolute atomic E-state index is 0.0286. The standard InChI is InChI=1S/C19H23ClN2O3/c20-15-3-1-13(2-4-15)17-7-5-16(21-17)6-8-19(25)22-10-9-14(12-23)18(24)11-22/h1-5,7,14,18,21,23-24H,6,8-12H2. The van der Waals surface area contributed by atoms with Crippen molar-refractivity contribution in [2.24, 2.45) is 5.92 Å². The SMILES string of the molecule is O=C(CCc1ccc(-c2ccc(Cl)cc2)[nH]1)N1CCC(CO)C(O)C1. The zero-order valence-corrected chi connectivity index (χ0v) is 14.7. The summed E-state index contributed by atoms with van der Waals surface area (Å²) in [5, 5.41) is 19.8. The van der Waals surface area contributed by atoms with E-state index in [9.17, 15) is 15.0 Å². The van der Waals surface area contributed by atoms with E-state index in [2.05, 4.69) is 4.98 Å². The van der Waals surface area contributed by atoms with Crippen molar-refractivity contribution in [3.63, 3.8) is 0 Å². The number of rotatable bonds is 5. The number of carbonyl (C=O) groups excluding carboxylic acids is 1. The third kappa shape index (κ3) is 4.42. The Hall–Kier alpha value is -1.82. The second kappa shape index (κ2) is 8.04. The third-order valence-corrected chi connectivity index (χ3v) is 5.07. The number of aromatic amines is 1. The first kappa shape index (κ1) is 18.0. The largest absolute Gasteiger partial charge is 0.396 e. The number of aromatic nitrogens is 1. The molecular formula is C19H23ClN2O3. The first-order valence-corrected chi connectivity index (χ1v) is 8.95. The van der Waals surface area contributed by atoms with Gasteiger partial charge in [-0.25, -0.2) is 0 Å². The molecule has 2 unspecified atom stereocenters. The second-order valence-electron chi connectivity index (χ2n) is 6.54. The van der Waals surface area contributed by atoms with Crippen LogP contribution in [0.5, 0.6) is 0 Å². The molecule has 0 radical (unpaired) electrons. The van der Waals surface area contributed by atoms with Crippen LogP contribution in [-0.4, -0.2) is 51.8 Å². The van der Waals surface area contributed by atoms with Gasteiger partial charge in [0.2, 0.25) is 5.91 Å². The maximum absolute atomic E-state index is 12.4. The molecule has 3 N–H and O–H groups in total. The summed E-state index contributed by atoms with van der Waals surface area (Å²) in [7, 11) is 0. The number of likely N-dealkylation sites (tertiary alicyclic amines) is 1. The Kier molecular flexibility index (Phi) is 5.78. The van der Waals surface area contributed by atoms with Crippen molar-refractivity contribution in [2.45, 2.75) is 25.4 Å². The van der Waals surface area contributed by atoms with Crippen LogP contribution in [0.15, 0.2) is 36.4 Å². The molecular weight excluding hydrogens is 340 g/mol. The Balaban J connectivity index is 1.54. The van der Waals surface area contributed by atoms with Gasteiger partial charge in [0.05, 0.1) is 6.10 Å². The molecule has 0 aliphatic carbocycles. The van der Waals surface area contributed by atoms with E-state index in [1.807, 2.05) is 36.4 Å². The highest BCUT2D eigenvalue weighted by atomic mass is 35.5. The number of piperidine rings is 1. The van der Waals surface area contributed by atoms with Gasteiger partial charge < -0.3 is 20.1 Å². The summed E-state index contributed by atoms with van der Waals surface area (Å²) in [6.45, 7) is 0.881. The van der Waals surface area contributed by atoms with Crippen LogP contribution in [-0.2, 0) is 11.2 Å². The summed E-state index contributed by atoms with van der Waals surface area (Å²) in [6.07, 6.45) is 1.04. The van der Waals surface area contributed by atoms with Crippen LogP contribution in [0.4, 0.5) is 0 Å². The predicted molar refractivity (Wildman–Crippen MR) is 97.3 cm³/mol. The van der Waals surface area contributed by atoms with Gasteiger partial charge in [0.1, 0.15) is 0 Å². The van der Waals surface area contributed by atoms with Gasteiger partial charge >= 0.3 is 0 Å². The van der Waals surface area contributed by atoms with E-state index in [1.54, 1.807) is 4.90 Å². The molecule has 25 heavy (non-hydrogen) atoms. The number of H-pyrrole nitrogens is 1. The number of β-amino-alcohol motifs (C(OH)–C–C–N with tert-alkyl or cyclic N) is 1. The van der Waals surface area contributed by atoms with E-state index in [1.165, 1.54) is 0 Å². The monoisotopic (exact) mass is 362 g/mol. The Labute approximate surface area is 152 Å². The Morgan fingerprint density at radius 3 is 2.68 bits per heavy atom. The molecule has 2 heterocycles. The summed E-state index contributed by atoms with van der Waals surface area (Å²) in [6, 6.07) is 11.6. The summed E-state index contributed by atoms with van der Waals surface area (Å²) < 4.78 is 0. The molecule has 1 saturated heterocycles. The average molecular weight is 363 g/mol. The number of amides is 1. The topological polar surface area (TPSA) is 76.6 Å². The van der Waals surface area contributed by atoms with E-state index in [4.69, 9.17) is 11.6 Å². The van der Waals surface area contributed by atoms with Crippen LogP contribution in [0, 0.1) is 5.92 Å². The van der Waals surface area contributed by atoms with Crippen molar-refractivity contribution in [1.29, 1.82) is 0 Å². The number of halogens is 1. The van der Waals surface area contributed by atoms with Gasteiger partial charge in [-0.2, -0.15) is 0 Å². The fourth-order valence-electron chi connectivity index (χ4n) is 3.20. The minimum atomic E-state index is -0.635. The van der Waals surface area contributed by atoms with E-state index >= 15 is 0 Å². The van der Waals surface area contributed by atoms with Crippen molar-refractivity contribution < 1.29 is 15.0 Å². The highest BCUT2D eigenvalue weighted by molar-refractivity contribution is 6.30. The number of hydrogen-bond acceptors (Lipinski definition) is 3.